The summed E-state index contributed by atoms with van der Waals surface area (Å²) in [6.07, 6.45) is 5.64. The summed E-state index contributed by atoms with van der Waals surface area (Å²) in [4.78, 5) is 13.4. The molecule has 1 aliphatic carbocycles. The molecule has 0 aromatic heterocycles. The molecule has 2 aliphatic rings. The van der Waals surface area contributed by atoms with Gasteiger partial charge in [-0.3, -0.25) is 9.69 Å². The number of nitrogens with zero attached hydrogens (tertiary/aromatic N) is 2. The molecule has 3 atom stereocenters. The molecule has 3 unspecified atom stereocenters. The summed E-state index contributed by atoms with van der Waals surface area (Å²) in [7, 11) is 0. The summed E-state index contributed by atoms with van der Waals surface area (Å²) in [6, 6.07) is 3.17. The molecule has 0 radical (unpaired) electrons. The molecular formula is C13H21N3O. The van der Waals surface area contributed by atoms with E-state index in [1.54, 1.807) is 6.92 Å². The number of amides is 1. The molecule has 1 amide bonds. The molecule has 94 valence electrons. The Balaban J connectivity index is 1.90. The molecule has 1 aliphatic heterocycles. The van der Waals surface area contributed by atoms with Crippen LogP contribution in [0.25, 0.3) is 0 Å². The van der Waals surface area contributed by atoms with E-state index in [1.807, 2.05) is 0 Å². The summed E-state index contributed by atoms with van der Waals surface area (Å²) in [5, 5.41) is 12.2. The average molecular weight is 235 g/mol. The van der Waals surface area contributed by atoms with Crippen molar-refractivity contribution < 1.29 is 4.79 Å². The van der Waals surface area contributed by atoms with Crippen LogP contribution < -0.4 is 5.32 Å². The average Bonchev–Trinajstić information content (AvgIpc) is 2.76. The Bertz CT molecular complexity index is 323. The second-order valence-corrected chi connectivity index (χ2v) is 5.27. The van der Waals surface area contributed by atoms with Gasteiger partial charge in [0.1, 0.15) is 0 Å². The first kappa shape index (κ1) is 12.4. The largest absolute Gasteiger partial charge is 0.352 e. The van der Waals surface area contributed by atoms with Gasteiger partial charge in [0.15, 0.2) is 0 Å². The van der Waals surface area contributed by atoms with Crippen LogP contribution in [-0.4, -0.2) is 36.0 Å². The summed E-state index contributed by atoms with van der Waals surface area (Å²) in [5.41, 5.74) is 0. The van der Waals surface area contributed by atoms with Crippen LogP contribution in [0, 0.1) is 17.2 Å². The first-order valence-electron chi connectivity index (χ1n) is 6.61. The fourth-order valence-electron chi connectivity index (χ4n) is 3.19. The number of carbonyl (C=O) groups excluding carboxylic acids is 1. The van der Waals surface area contributed by atoms with Crippen LogP contribution in [0.5, 0.6) is 0 Å². The molecule has 4 nitrogen and oxygen atoms in total. The summed E-state index contributed by atoms with van der Waals surface area (Å²) >= 11 is 0. The van der Waals surface area contributed by atoms with Gasteiger partial charge >= 0.3 is 0 Å². The van der Waals surface area contributed by atoms with Gasteiger partial charge in [0, 0.05) is 32.1 Å². The van der Waals surface area contributed by atoms with Crippen molar-refractivity contribution in [3.8, 4) is 6.07 Å². The Hall–Kier alpha value is -1.08. The first-order chi connectivity index (χ1) is 8.20. The molecule has 0 aromatic carbocycles. The van der Waals surface area contributed by atoms with Gasteiger partial charge in [0.25, 0.3) is 0 Å². The van der Waals surface area contributed by atoms with Crippen molar-refractivity contribution in [2.75, 3.05) is 13.1 Å². The topological polar surface area (TPSA) is 56.1 Å². The van der Waals surface area contributed by atoms with Gasteiger partial charge in [0.05, 0.1) is 12.0 Å². The number of hydrogen-bond acceptors (Lipinski definition) is 3. The standard InChI is InChI=1S/C13H21N3O/c1-10(17)15-12-6-7-16(9-12)13-5-3-2-4-11(13)8-14/h11-13H,2-7,9H2,1H3,(H,15,17). The first-order valence-corrected chi connectivity index (χ1v) is 6.61. The number of carbonyl (C=O) groups is 1. The molecule has 1 N–H and O–H groups in total. The van der Waals surface area contributed by atoms with Crippen molar-refractivity contribution >= 4 is 5.91 Å². The maximum Gasteiger partial charge on any atom is 0.217 e. The second-order valence-electron chi connectivity index (χ2n) is 5.27. The van der Waals surface area contributed by atoms with Gasteiger partial charge in [-0.05, 0) is 19.3 Å². The number of nitriles is 1. The summed E-state index contributed by atoms with van der Waals surface area (Å²) < 4.78 is 0. The third-order valence-corrected chi connectivity index (χ3v) is 3.99. The minimum absolute atomic E-state index is 0.0531. The smallest absolute Gasteiger partial charge is 0.217 e. The molecule has 0 spiro atoms. The van der Waals surface area contributed by atoms with Crippen molar-refractivity contribution in [1.82, 2.24) is 10.2 Å². The van der Waals surface area contributed by atoms with Crippen LogP contribution in [0.4, 0.5) is 0 Å². The zero-order valence-electron chi connectivity index (χ0n) is 10.5. The van der Waals surface area contributed by atoms with E-state index in [-0.39, 0.29) is 17.9 Å². The molecule has 1 saturated carbocycles. The van der Waals surface area contributed by atoms with E-state index < -0.39 is 0 Å². The Morgan fingerprint density at radius 3 is 2.82 bits per heavy atom. The predicted molar refractivity (Wildman–Crippen MR) is 65.2 cm³/mol. The van der Waals surface area contributed by atoms with Crippen LogP contribution in [0.15, 0.2) is 0 Å². The van der Waals surface area contributed by atoms with Crippen molar-refractivity contribution in [2.45, 2.75) is 51.1 Å². The van der Waals surface area contributed by atoms with Crippen LogP contribution in [0.3, 0.4) is 0 Å². The van der Waals surface area contributed by atoms with E-state index in [1.165, 1.54) is 12.8 Å². The van der Waals surface area contributed by atoms with Gasteiger partial charge < -0.3 is 5.32 Å². The zero-order chi connectivity index (χ0) is 12.3. The van der Waals surface area contributed by atoms with E-state index >= 15 is 0 Å². The lowest BCUT2D eigenvalue weighted by Gasteiger charge is -2.34. The molecule has 2 rings (SSSR count). The fraction of sp³-hybridized carbons (Fsp3) is 0.846. The highest BCUT2D eigenvalue weighted by Gasteiger charge is 2.34. The van der Waals surface area contributed by atoms with Gasteiger partial charge in [0.2, 0.25) is 5.91 Å². The van der Waals surface area contributed by atoms with E-state index in [9.17, 15) is 10.1 Å². The van der Waals surface area contributed by atoms with Crippen LogP contribution in [0.1, 0.15) is 39.0 Å². The Kier molecular flexibility index (Phi) is 4.01. The van der Waals surface area contributed by atoms with Crippen LogP contribution >= 0.6 is 0 Å². The molecule has 1 heterocycles. The lowest BCUT2D eigenvalue weighted by atomic mass is 9.84. The number of rotatable bonds is 2. The third-order valence-electron chi connectivity index (χ3n) is 3.99. The molecular weight excluding hydrogens is 214 g/mol. The highest BCUT2D eigenvalue weighted by Crippen LogP contribution is 2.30. The molecule has 4 heteroatoms. The van der Waals surface area contributed by atoms with Crippen LogP contribution in [0.2, 0.25) is 0 Å². The van der Waals surface area contributed by atoms with E-state index in [0.29, 0.717) is 6.04 Å². The second kappa shape index (κ2) is 5.50. The Morgan fingerprint density at radius 1 is 1.35 bits per heavy atom. The molecule has 2 fully saturated rings. The minimum Gasteiger partial charge on any atom is -0.352 e. The number of likely N-dealkylation sites (tertiary alicyclic amines) is 1. The monoisotopic (exact) mass is 235 g/mol. The number of nitrogens with one attached hydrogen (secondary N) is 1. The zero-order valence-corrected chi connectivity index (χ0v) is 10.5. The third kappa shape index (κ3) is 2.98. The van der Waals surface area contributed by atoms with Crippen LogP contribution in [-0.2, 0) is 4.79 Å². The quantitative estimate of drug-likeness (QED) is 0.784. The number of hydrogen-bond donors (Lipinski definition) is 1. The molecule has 17 heavy (non-hydrogen) atoms. The lowest BCUT2D eigenvalue weighted by molar-refractivity contribution is -0.119. The van der Waals surface area contributed by atoms with Crippen molar-refractivity contribution in [2.24, 2.45) is 5.92 Å². The van der Waals surface area contributed by atoms with Gasteiger partial charge in [-0.25, -0.2) is 0 Å². The van der Waals surface area contributed by atoms with E-state index in [4.69, 9.17) is 0 Å². The fourth-order valence-corrected chi connectivity index (χ4v) is 3.19. The molecule has 0 aromatic rings. The SMILES string of the molecule is CC(=O)NC1CCN(C2CCCCC2C#N)C1. The molecule has 0 bridgehead atoms. The van der Waals surface area contributed by atoms with Gasteiger partial charge in [-0.1, -0.05) is 12.8 Å². The highest BCUT2D eigenvalue weighted by molar-refractivity contribution is 5.73. The van der Waals surface area contributed by atoms with Crippen molar-refractivity contribution in [3.63, 3.8) is 0 Å². The maximum absolute atomic E-state index is 11.0. The van der Waals surface area contributed by atoms with E-state index in [2.05, 4.69) is 16.3 Å². The highest BCUT2D eigenvalue weighted by atomic mass is 16.1. The van der Waals surface area contributed by atoms with Crippen molar-refractivity contribution in [1.29, 1.82) is 5.26 Å². The Morgan fingerprint density at radius 2 is 2.12 bits per heavy atom. The van der Waals surface area contributed by atoms with Gasteiger partial charge in [-0.2, -0.15) is 5.26 Å². The normalized spacial score (nSPS) is 34.2. The van der Waals surface area contributed by atoms with Gasteiger partial charge in [-0.15, -0.1) is 0 Å². The maximum atomic E-state index is 11.0. The predicted octanol–water partition coefficient (Wildman–Crippen LogP) is 1.28. The Labute approximate surface area is 103 Å². The summed E-state index contributed by atoms with van der Waals surface area (Å²) in [6.45, 7) is 3.51. The minimum atomic E-state index is 0.0531. The van der Waals surface area contributed by atoms with Crippen molar-refractivity contribution in [3.05, 3.63) is 0 Å². The molecule has 1 saturated heterocycles. The summed E-state index contributed by atoms with van der Waals surface area (Å²) in [5.74, 6) is 0.247. The van der Waals surface area contributed by atoms with E-state index in [0.717, 1.165) is 32.4 Å². The lowest BCUT2D eigenvalue weighted by Crippen LogP contribution is -2.43.